The molecular weight excluding hydrogens is 452 g/mol. The number of amidine groups is 1. The maximum Gasteiger partial charge on any atom is 0.331 e. The van der Waals surface area contributed by atoms with Crippen LogP contribution in [0.3, 0.4) is 0 Å². The third-order valence-electron chi connectivity index (χ3n) is 4.77. The molecule has 1 aliphatic rings. The Morgan fingerprint density at radius 2 is 1.91 bits per heavy atom. The Bertz CT molecular complexity index is 1330. The number of nitrogens with one attached hydrogen (secondary N) is 1. The minimum Gasteiger partial charge on any atom is -0.493 e. The van der Waals surface area contributed by atoms with Gasteiger partial charge in [-0.2, -0.15) is 4.98 Å². The molecule has 0 amide bonds. The van der Waals surface area contributed by atoms with E-state index in [1.54, 1.807) is 36.4 Å². The Morgan fingerprint density at radius 3 is 2.67 bits per heavy atom. The standard InChI is InChI=1S/C21H20N4O7S/c1-12(22-20-14-6-4-5-7-17(14)33(27,28)25-20)21(26)31-11-18-23-19(24-32-18)13-8-9-15(29-2)16(10-13)30-3/h4-10,12H,11H2,1-3H3,(H,22,25)/t12-/m0/s1. The minimum absolute atomic E-state index is 0.0832. The van der Waals surface area contributed by atoms with Gasteiger partial charge in [0, 0.05) is 11.1 Å². The summed E-state index contributed by atoms with van der Waals surface area (Å²) in [6.07, 6.45) is 0. The van der Waals surface area contributed by atoms with Crippen LogP contribution in [-0.4, -0.2) is 50.6 Å². The van der Waals surface area contributed by atoms with Crippen LogP contribution in [0.15, 0.2) is 56.9 Å². The van der Waals surface area contributed by atoms with E-state index in [-0.39, 0.29) is 29.1 Å². The summed E-state index contributed by atoms with van der Waals surface area (Å²) in [6, 6.07) is 10.5. The highest BCUT2D eigenvalue weighted by atomic mass is 32.2. The predicted octanol–water partition coefficient (Wildman–Crippen LogP) is 1.92. The Hall–Kier alpha value is -3.93. The van der Waals surface area contributed by atoms with E-state index in [0.29, 0.717) is 22.6 Å². The molecule has 1 aromatic heterocycles. The summed E-state index contributed by atoms with van der Waals surface area (Å²) < 4.78 is 47.5. The van der Waals surface area contributed by atoms with Gasteiger partial charge in [-0.15, -0.1) is 0 Å². The summed E-state index contributed by atoms with van der Waals surface area (Å²) in [4.78, 5) is 20.9. The lowest BCUT2D eigenvalue weighted by molar-refractivity contribution is -0.146. The van der Waals surface area contributed by atoms with Gasteiger partial charge in [-0.25, -0.2) is 13.2 Å². The van der Waals surface area contributed by atoms with Crippen LogP contribution in [0.4, 0.5) is 0 Å². The molecule has 0 spiro atoms. The molecule has 0 bridgehead atoms. The molecule has 0 fully saturated rings. The first-order valence-electron chi connectivity index (χ1n) is 9.74. The van der Waals surface area contributed by atoms with E-state index in [1.807, 2.05) is 0 Å². The number of benzene rings is 2. The summed E-state index contributed by atoms with van der Waals surface area (Å²) in [7, 11) is -0.649. The SMILES string of the molecule is COc1ccc(-c2noc(COC(=O)[C@H](C)N=C3NS(=O)(=O)c4ccccc43)n2)cc1OC. The van der Waals surface area contributed by atoms with Crippen molar-refractivity contribution < 1.29 is 31.9 Å². The van der Waals surface area contributed by atoms with Gasteiger partial charge in [0.2, 0.25) is 5.82 Å². The van der Waals surface area contributed by atoms with Gasteiger partial charge < -0.3 is 18.7 Å². The van der Waals surface area contributed by atoms with Crippen LogP contribution in [0.5, 0.6) is 11.5 Å². The summed E-state index contributed by atoms with van der Waals surface area (Å²) >= 11 is 0. The van der Waals surface area contributed by atoms with E-state index in [0.717, 1.165) is 0 Å². The van der Waals surface area contributed by atoms with E-state index in [2.05, 4.69) is 19.9 Å². The Morgan fingerprint density at radius 1 is 1.15 bits per heavy atom. The number of fused-ring (bicyclic) bond motifs is 1. The van der Waals surface area contributed by atoms with Gasteiger partial charge in [0.15, 0.2) is 18.1 Å². The van der Waals surface area contributed by atoms with Gasteiger partial charge in [-0.3, -0.25) is 9.71 Å². The lowest BCUT2D eigenvalue weighted by Crippen LogP contribution is -2.26. The fourth-order valence-corrected chi connectivity index (χ4v) is 4.37. The molecule has 1 aliphatic heterocycles. The lowest BCUT2D eigenvalue weighted by atomic mass is 10.2. The van der Waals surface area contributed by atoms with Crippen molar-refractivity contribution in [3.63, 3.8) is 0 Å². The van der Waals surface area contributed by atoms with Crippen molar-refractivity contribution >= 4 is 21.8 Å². The Balaban J connectivity index is 1.42. The minimum atomic E-state index is -3.70. The largest absolute Gasteiger partial charge is 0.493 e. The summed E-state index contributed by atoms with van der Waals surface area (Å²) in [5.74, 6) is 0.833. The number of methoxy groups -OCH3 is 2. The molecule has 1 N–H and O–H groups in total. The number of ether oxygens (including phenoxy) is 3. The zero-order chi connectivity index (χ0) is 23.6. The van der Waals surface area contributed by atoms with Crippen molar-refractivity contribution in [2.24, 2.45) is 4.99 Å². The van der Waals surface area contributed by atoms with Crippen molar-refractivity contribution in [3.05, 3.63) is 53.9 Å². The molecule has 0 saturated carbocycles. The molecule has 11 nitrogen and oxygen atoms in total. The fraction of sp³-hybridized carbons (Fsp3) is 0.238. The van der Waals surface area contributed by atoms with Gasteiger partial charge in [-0.1, -0.05) is 17.3 Å². The van der Waals surface area contributed by atoms with Crippen LogP contribution in [0.2, 0.25) is 0 Å². The maximum atomic E-state index is 12.4. The number of rotatable bonds is 7. The second kappa shape index (κ2) is 8.90. The molecule has 4 rings (SSSR count). The Labute approximate surface area is 189 Å². The normalized spacial score (nSPS) is 16.0. The number of hydrogen-bond acceptors (Lipinski definition) is 10. The van der Waals surface area contributed by atoms with Crippen molar-refractivity contribution in [2.75, 3.05) is 14.2 Å². The molecule has 2 heterocycles. The Kier molecular flexibility index (Phi) is 6.01. The van der Waals surface area contributed by atoms with Gasteiger partial charge in [0.25, 0.3) is 15.9 Å². The average Bonchev–Trinajstić information content (AvgIpc) is 3.39. The number of aromatic nitrogens is 2. The van der Waals surface area contributed by atoms with E-state index in [1.165, 1.54) is 27.2 Å². The molecule has 0 radical (unpaired) electrons. The van der Waals surface area contributed by atoms with Crippen molar-refractivity contribution in [3.8, 4) is 22.9 Å². The first kappa shape index (κ1) is 22.3. The number of nitrogens with zero attached hydrogens (tertiary/aromatic N) is 3. The first-order valence-corrected chi connectivity index (χ1v) is 11.2. The maximum absolute atomic E-state index is 12.4. The van der Waals surface area contributed by atoms with Crippen LogP contribution in [0, 0.1) is 0 Å². The smallest absolute Gasteiger partial charge is 0.331 e. The van der Waals surface area contributed by atoms with Gasteiger partial charge in [0.1, 0.15) is 11.9 Å². The van der Waals surface area contributed by atoms with E-state index < -0.39 is 22.0 Å². The fourth-order valence-electron chi connectivity index (χ4n) is 3.14. The molecular formula is C21H20N4O7S. The number of carbonyl (C=O) groups excluding carboxylic acids is 1. The third-order valence-corrected chi connectivity index (χ3v) is 6.17. The van der Waals surface area contributed by atoms with E-state index in [9.17, 15) is 13.2 Å². The highest BCUT2D eigenvalue weighted by Gasteiger charge is 2.31. The number of aliphatic imine (C=N–C) groups is 1. The quantitative estimate of drug-likeness (QED) is 0.510. The third kappa shape index (κ3) is 4.51. The predicted molar refractivity (Wildman–Crippen MR) is 115 cm³/mol. The van der Waals surface area contributed by atoms with Gasteiger partial charge in [0.05, 0.1) is 19.1 Å². The lowest BCUT2D eigenvalue weighted by Gasteiger charge is -2.08. The van der Waals surface area contributed by atoms with Crippen LogP contribution < -0.4 is 14.2 Å². The van der Waals surface area contributed by atoms with Crippen molar-refractivity contribution in [1.29, 1.82) is 0 Å². The van der Waals surface area contributed by atoms with Crippen LogP contribution in [0.1, 0.15) is 18.4 Å². The van der Waals surface area contributed by atoms with E-state index >= 15 is 0 Å². The van der Waals surface area contributed by atoms with Gasteiger partial charge >= 0.3 is 5.97 Å². The topological polar surface area (TPSA) is 142 Å². The molecule has 3 aromatic rings. The number of carbonyl (C=O) groups is 1. The van der Waals surface area contributed by atoms with E-state index in [4.69, 9.17) is 18.7 Å². The van der Waals surface area contributed by atoms with Gasteiger partial charge in [-0.05, 0) is 37.3 Å². The number of hydrogen-bond donors (Lipinski definition) is 1. The van der Waals surface area contributed by atoms with Crippen LogP contribution in [0.25, 0.3) is 11.4 Å². The molecule has 172 valence electrons. The molecule has 2 aromatic carbocycles. The van der Waals surface area contributed by atoms with Crippen LogP contribution >= 0.6 is 0 Å². The second-order valence-corrected chi connectivity index (χ2v) is 8.60. The summed E-state index contributed by atoms with van der Waals surface area (Å²) in [5, 5.41) is 3.89. The highest BCUT2D eigenvalue weighted by molar-refractivity contribution is 7.90. The second-order valence-electron chi connectivity index (χ2n) is 6.94. The van der Waals surface area contributed by atoms with Crippen LogP contribution in [-0.2, 0) is 26.2 Å². The zero-order valence-electron chi connectivity index (χ0n) is 17.9. The van der Waals surface area contributed by atoms with Crippen molar-refractivity contribution in [2.45, 2.75) is 24.5 Å². The molecule has 12 heteroatoms. The number of sulfonamides is 1. The monoisotopic (exact) mass is 472 g/mol. The molecule has 1 atom stereocenters. The molecule has 0 saturated heterocycles. The first-order chi connectivity index (χ1) is 15.8. The summed E-state index contributed by atoms with van der Waals surface area (Å²) in [5.41, 5.74) is 1.02. The number of esters is 1. The zero-order valence-corrected chi connectivity index (χ0v) is 18.8. The average molecular weight is 472 g/mol. The molecule has 0 aliphatic carbocycles. The molecule has 33 heavy (non-hydrogen) atoms. The summed E-state index contributed by atoms with van der Waals surface area (Å²) in [6.45, 7) is 1.23. The molecule has 0 unspecified atom stereocenters. The highest BCUT2D eigenvalue weighted by Crippen LogP contribution is 2.31. The van der Waals surface area contributed by atoms with Crippen molar-refractivity contribution in [1.82, 2.24) is 14.9 Å².